The minimum absolute atomic E-state index is 0.387. The Hall–Kier alpha value is -0.990. The summed E-state index contributed by atoms with van der Waals surface area (Å²) in [6.07, 6.45) is 7.71. The third-order valence-electron chi connectivity index (χ3n) is 1.42. The second-order valence-corrected chi connectivity index (χ2v) is 2.57. The van der Waals surface area contributed by atoms with Crippen molar-refractivity contribution in [2.24, 2.45) is 5.73 Å². The van der Waals surface area contributed by atoms with E-state index in [1.54, 1.807) is 0 Å². The molecule has 0 aliphatic carbocycles. The first-order chi connectivity index (χ1) is 5.77. The van der Waals surface area contributed by atoms with E-state index in [1.165, 1.54) is 12.8 Å². The molecule has 0 radical (unpaired) electrons. The summed E-state index contributed by atoms with van der Waals surface area (Å²) in [7, 11) is 0. The summed E-state index contributed by atoms with van der Waals surface area (Å²) in [5.74, 6) is 0. The zero-order valence-electron chi connectivity index (χ0n) is 7.58. The van der Waals surface area contributed by atoms with Crippen LogP contribution in [0.1, 0.15) is 32.6 Å². The predicted octanol–water partition coefficient (Wildman–Crippen LogP) is 2.22. The number of ether oxygens (including phenoxy) is 1. The first-order valence-electron chi connectivity index (χ1n) is 4.34. The summed E-state index contributed by atoms with van der Waals surface area (Å²) in [6.45, 7) is 2.54. The van der Waals surface area contributed by atoms with Crippen LogP contribution in [0.3, 0.4) is 0 Å². The highest BCUT2D eigenvalue weighted by molar-refractivity contribution is 5.64. The Bertz CT molecular complexity index is 143. The van der Waals surface area contributed by atoms with E-state index in [2.05, 4.69) is 17.7 Å². The number of rotatable bonds is 6. The molecular weight excluding hydrogens is 154 g/mol. The van der Waals surface area contributed by atoms with Gasteiger partial charge in [-0.1, -0.05) is 31.9 Å². The van der Waals surface area contributed by atoms with Gasteiger partial charge in [-0.15, -0.1) is 0 Å². The van der Waals surface area contributed by atoms with Gasteiger partial charge in [0.25, 0.3) is 0 Å². The van der Waals surface area contributed by atoms with E-state index < -0.39 is 6.09 Å². The van der Waals surface area contributed by atoms with Crippen LogP contribution >= 0.6 is 0 Å². The van der Waals surface area contributed by atoms with Gasteiger partial charge in [-0.2, -0.15) is 0 Å². The topological polar surface area (TPSA) is 52.3 Å². The molecule has 0 heterocycles. The molecule has 0 atom stereocenters. The summed E-state index contributed by atoms with van der Waals surface area (Å²) in [5, 5.41) is 0. The molecule has 2 N–H and O–H groups in total. The van der Waals surface area contributed by atoms with Crippen molar-refractivity contribution < 1.29 is 9.53 Å². The van der Waals surface area contributed by atoms with Gasteiger partial charge in [0.05, 0.1) is 6.61 Å². The van der Waals surface area contributed by atoms with Gasteiger partial charge in [0.15, 0.2) is 0 Å². The SMILES string of the molecule is CCCCC=CCCOC(N)=O. The van der Waals surface area contributed by atoms with Gasteiger partial charge in [0.2, 0.25) is 0 Å². The maximum Gasteiger partial charge on any atom is 0.404 e. The Morgan fingerprint density at radius 1 is 1.42 bits per heavy atom. The van der Waals surface area contributed by atoms with Crippen LogP contribution in [0.2, 0.25) is 0 Å². The minimum Gasteiger partial charge on any atom is -0.449 e. The van der Waals surface area contributed by atoms with Crippen molar-refractivity contribution in [3.05, 3.63) is 12.2 Å². The van der Waals surface area contributed by atoms with Gasteiger partial charge in [-0.3, -0.25) is 0 Å². The molecule has 0 spiro atoms. The number of hydrogen-bond donors (Lipinski definition) is 1. The van der Waals surface area contributed by atoms with E-state index in [4.69, 9.17) is 5.73 Å². The van der Waals surface area contributed by atoms with E-state index in [0.717, 1.165) is 12.8 Å². The van der Waals surface area contributed by atoms with Crippen molar-refractivity contribution in [3.8, 4) is 0 Å². The summed E-state index contributed by atoms with van der Waals surface area (Å²) in [6, 6.07) is 0. The average Bonchev–Trinajstić information content (AvgIpc) is 2.02. The smallest absolute Gasteiger partial charge is 0.404 e. The van der Waals surface area contributed by atoms with E-state index in [9.17, 15) is 4.79 Å². The number of hydrogen-bond acceptors (Lipinski definition) is 2. The van der Waals surface area contributed by atoms with Crippen LogP contribution in [0, 0.1) is 0 Å². The molecule has 0 aliphatic heterocycles. The monoisotopic (exact) mass is 171 g/mol. The highest BCUT2D eigenvalue weighted by Crippen LogP contribution is 1.96. The van der Waals surface area contributed by atoms with E-state index in [-0.39, 0.29) is 0 Å². The minimum atomic E-state index is -0.697. The summed E-state index contributed by atoms with van der Waals surface area (Å²) in [4.78, 5) is 10.1. The number of carbonyl (C=O) groups is 1. The lowest BCUT2D eigenvalue weighted by Gasteiger charge is -1.95. The zero-order valence-corrected chi connectivity index (χ0v) is 7.58. The summed E-state index contributed by atoms with van der Waals surface area (Å²) in [5.41, 5.74) is 4.77. The molecule has 0 aromatic carbocycles. The lowest BCUT2D eigenvalue weighted by Crippen LogP contribution is -2.13. The summed E-state index contributed by atoms with van der Waals surface area (Å²) < 4.78 is 4.54. The number of unbranched alkanes of at least 4 members (excludes halogenated alkanes) is 2. The molecule has 0 fully saturated rings. The fraction of sp³-hybridized carbons (Fsp3) is 0.667. The van der Waals surface area contributed by atoms with Crippen LogP contribution in [-0.4, -0.2) is 12.7 Å². The molecule has 0 aliphatic rings. The lowest BCUT2D eigenvalue weighted by molar-refractivity contribution is 0.159. The molecule has 3 nitrogen and oxygen atoms in total. The third-order valence-corrected chi connectivity index (χ3v) is 1.42. The normalized spacial score (nSPS) is 10.4. The maximum absolute atomic E-state index is 10.1. The molecule has 3 heteroatoms. The molecule has 12 heavy (non-hydrogen) atoms. The van der Waals surface area contributed by atoms with Gasteiger partial charge < -0.3 is 10.5 Å². The van der Waals surface area contributed by atoms with Crippen molar-refractivity contribution >= 4 is 6.09 Å². The van der Waals surface area contributed by atoms with Crippen LogP contribution in [0.4, 0.5) is 4.79 Å². The number of carbonyl (C=O) groups excluding carboxylic acids is 1. The maximum atomic E-state index is 10.1. The Kier molecular flexibility index (Phi) is 7.44. The van der Waals surface area contributed by atoms with Crippen LogP contribution in [-0.2, 0) is 4.74 Å². The van der Waals surface area contributed by atoms with Gasteiger partial charge in [0, 0.05) is 0 Å². The van der Waals surface area contributed by atoms with Crippen molar-refractivity contribution in [1.82, 2.24) is 0 Å². The molecule has 0 aromatic heterocycles. The second kappa shape index (κ2) is 8.11. The molecule has 0 saturated carbocycles. The van der Waals surface area contributed by atoms with E-state index >= 15 is 0 Å². The quantitative estimate of drug-likeness (QED) is 0.492. The summed E-state index contributed by atoms with van der Waals surface area (Å²) >= 11 is 0. The van der Waals surface area contributed by atoms with Crippen LogP contribution in [0.5, 0.6) is 0 Å². The second-order valence-electron chi connectivity index (χ2n) is 2.57. The number of amides is 1. The fourth-order valence-corrected chi connectivity index (χ4v) is 0.785. The van der Waals surface area contributed by atoms with Crippen LogP contribution in [0.25, 0.3) is 0 Å². The van der Waals surface area contributed by atoms with Crippen molar-refractivity contribution in [2.75, 3.05) is 6.61 Å². The number of primary amides is 1. The molecule has 0 rings (SSSR count). The average molecular weight is 171 g/mol. The Morgan fingerprint density at radius 2 is 2.08 bits per heavy atom. The predicted molar refractivity (Wildman–Crippen MR) is 48.8 cm³/mol. The van der Waals surface area contributed by atoms with Gasteiger partial charge >= 0.3 is 6.09 Å². The first kappa shape index (κ1) is 11.0. The van der Waals surface area contributed by atoms with Gasteiger partial charge in [0.1, 0.15) is 0 Å². The molecule has 0 aromatic rings. The fourth-order valence-electron chi connectivity index (χ4n) is 0.785. The van der Waals surface area contributed by atoms with Gasteiger partial charge in [-0.05, 0) is 12.8 Å². The highest BCUT2D eigenvalue weighted by Gasteiger charge is 1.88. The molecule has 0 unspecified atom stereocenters. The standard InChI is InChI=1S/C9H17NO2/c1-2-3-4-5-6-7-8-12-9(10)11/h5-6H,2-4,7-8H2,1H3,(H2,10,11). The molecule has 0 bridgehead atoms. The van der Waals surface area contributed by atoms with Crippen molar-refractivity contribution in [3.63, 3.8) is 0 Å². The Balaban J connectivity index is 3.08. The molecule has 0 saturated heterocycles. The molecule has 70 valence electrons. The Labute approximate surface area is 73.6 Å². The Morgan fingerprint density at radius 3 is 2.67 bits per heavy atom. The van der Waals surface area contributed by atoms with Crippen LogP contribution in [0.15, 0.2) is 12.2 Å². The third kappa shape index (κ3) is 9.01. The van der Waals surface area contributed by atoms with E-state index in [1.807, 2.05) is 6.08 Å². The van der Waals surface area contributed by atoms with E-state index in [0.29, 0.717) is 6.61 Å². The number of allylic oxidation sites excluding steroid dienone is 1. The highest BCUT2D eigenvalue weighted by atomic mass is 16.5. The van der Waals surface area contributed by atoms with Crippen molar-refractivity contribution in [1.29, 1.82) is 0 Å². The zero-order chi connectivity index (χ0) is 9.23. The first-order valence-corrected chi connectivity index (χ1v) is 4.34. The molecule has 1 amide bonds. The lowest BCUT2D eigenvalue weighted by atomic mass is 10.2. The van der Waals surface area contributed by atoms with Gasteiger partial charge in [-0.25, -0.2) is 4.79 Å². The largest absolute Gasteiger partial charge is 0.449 e. The van der Waals surface area contributed by atoms with Crippen molar-refractivity contribution in [2.45, 2.75) is 32.6 Å². The number of nitrogens with two attached hydrogens (primary N) is 1. The molecular formula is C9H17NO2. The van der Waals surface area contributed by atoms with Crippen LogP contribution < -0.4 is 5.73 Å².